The van der Waals surface area contributed by atoms with Gasteiger partial charge in [-0.1, -0.05) is 6.92 Å². The number of aliphatic hydroxyl groups excluding tert-OH is 1. The molecule has 0 aromatic heterocycles. The zero-order valence-electron chi connectivity index (χ0n) is 10.3. The van der Waals surface area contributed by atoms with E-state index in [-0.39, 0.29) is 12.4 Å². The van der Waals surface area contributed by atoms with Crippen LogP contribution in [0, 0.1) is 11.7 Å². The smallest absolute Gasteiger partial charge is 0.125 e. The van der Waals surface area contributed by atoms with Crippen LogP contribution >= 0.6 is 0 Å². The maximum atomic E-state index is 13.4. The van der Waals surface area contributed by atoms with Crippen LogP contribution in [0.3, 0.4) is 0 Å². The van der Waals surface area contributed by atoms with E-state index >= 15 is 0 Å². The molecule has 1 unspecified atom stereocenters. The van der Waals surface area contributed by atoms with Crippen molar-refractivity contribution in [3.8, 4) is 0 Å². The van der Waals surface area contributed by atoms with Crippen molar-refractivity contribution >= 4 is 5.69 Å². The van der Waals surface area contributed by atoms with Gasteiger partial charge in [0.05, 0.1) is 6.61 Å². The summed E-state index contributed by atoms with van der Waals surface area (Å²) in [5, 5.41) is 9.10. The van der Waals surface area contributed by atoms with E-state index in [1.54, 1.807) is 6.07 Å². The second-order valence-electron chi connectivity index (χ2n) is 5.00. The number of aliphatic hydroxyl groups is 1. The monoisotopic (exact) mass is 237 g/mol. The Balaban J connectivity index is 2.17. The lowest BCUT2D eigenvalue weighted by atomic mass is 10.0. The van der Waals surface area contributed by atoms with Crippen LogP contribution in [0.25, 0.3) is 0 Å². The van der Waals surface area contributed by atoms with Crippen molar-refractivity contribution in [2.45, 2.75) is 32.8 Å². The van der Waals surface area contributed by atoms with Crippen LogP contribution in [0.2, 0.25) is 0 Å². The Kier molecular flexibility index (Phi) is 4.00. The van der Waals surface area contributed by atoms with Gasteiger partial charge >= 0.3 is 0 Å². The molecular formula is C14H20FNO. The second kappa shape index (κ2) is 5.50. The fraction of sp³-hybridized carbons (Fsp3) is 0.571. The summed E-state index contributed by atoms with van der Waals surface area (Å²) >= 11 is 0. The van der Waals surface area contributed by atoms with Gasteiger partial charge in [-0.05, 0) is 48.9 Å². The van der Waals surface area contributed by atoms with Gasteiger partial charge in [-0.15, -0.1) is 0 Å². The van der Waals surface area contributed by atoms with Gasteiger partial charge in [0.15, 0.2) is 0 Å². The summed E-state index contributed by atoms with van der Waals surface area (Å²) in [5.41, 5.74) is 1.56. The Morgan fingerprint density at radius 3 is 2.88 bits per heavy atom. The molecular weight excluding hydrogens is 217 g/mol. The lowest BCUT2D eigenvalue weighted by Gasteiger charge is -2.23. The molecule has 1 aliphatic heterocycles. The molecule has 0 amide bonds. The van der Waals surface area contributed by atoms with Crippen molar-refractivity contribution in [2.75, 3.05) is 18.0 Å². The van der Waals surface area contributed by atoms with Gasteiger partial charge < -0.3 is 10.0 Å². The molecule has 1 aromatic rings. The van der Waals surface area contributed by atoms with Gasteiger partial charge in [0.2, 0.25) is 0 Å². The van der Waals surface area contributed by atoms with Crippen LogP contribution in [-0.2, 0) is 6.61 Å². The highest BCUT2D eigenvalue weighted by atomic mass is 19.1. The predicted molar refractivity (Wildman–Crippen MR) is 67.6 cm³/mol. The number of benzene rings is 1. The third-order valence-electron chi connectivity index (χ3n) is 3.51. The van der Waals surface area contributed by atoms with Crippen molar-refractivity contribution in [3.63, 3.8) is 0 Å². The standard InChI is InChI=1S/C14H20FNO/c1-11-3-2-5-16(6-4-11)14-8-12(10-17)7-13(15)9-14/h7-9,11,17H,2-6,10H2,1H3. The van der Waals surface area contributed by atoms with Crippen molar-refractivity contribution in [3.05, 3.63) is 29.6 Å². The number of halogens is 1. The Labute approximate surface area is 102 Å². The molecule has 1 atom stereocenters. The largest absolute Gasteiger partial charge is 0.392 e. The summed E-state index contributed by atoms with van der Waals surface area (Å²) in [5.74, 6) is 0.495. The molecule has 94 valence electrons. The minimum atomic E-state index is -0.260. The van der Waals surface area contributed by atoms with Crippen LogP contribution in [0.4, 0.5) is 10.1 Å². The first-order valence-electron chi connectivity index (χ1n) is 6.34. The van der Waals surface area contributed by atoms with Crippen molar-refractivity contribution < 1.29 is 9.50 Å². The lowest BCUT2D eigenvalue weighted by molar-refractivity contribution is 0.281. The van der Waals surface area contributed by atoms with Crippen LogP contribution in [0.15, 0.2) is 18.2 Å². The number of hydrogen-bond acceptors (Lipinski definition) is 2. The van der Waals surface area contributed by atoms with E-state index in [2.05, 4.69) is 11.8 Å². The van der Waals surface area contributed by atoms with Gasteiger partial charge in [0.25, 0.3) is 0 Å². The SMILES string of the molecule is CC1CCCN(c2cc(F)cc(CO)c2)CC1. The molecule has 1 N–H and O–H groups in total. The predicted octanol–water partition coefficient (Wildman–Crippen LogP) is 2.94. The van der Waals surface area contributed by atoms with Gasteiger partial charge in [0, 0.05) is 18.8 Å². The molecule has 2 rings (SSSR count). The van der Waals surface area contributed by atoms with Gasteiger partial charge in [0.1, 0.15) is 5.82 Å². The van der Waals surface area contributed by atoms with Crippen molar-refractivity contribution in [1.82, 2.24) is 0 Å². The minimum Gasteiger partial charge on any atom is -0.392 e. The van der Waals surface area contributed by atoms with E-state index in [0.29, 0.717) is 5.56 Å². The maximum Gasteiger partial charge on any atom is 0.125 e. The van der Waals surface area contributed by atoms with Crippen LogP contribution in [0.5, 0.6) is 0 Å². The molecule has 0 saturated carbocycles. The molecule has 1 fully saturated rings. The second-order valence-corrected chi connectivity index (χ2v) is 5.00. The highest BCUT2D eigenvalue weighted by Crippen LogP contribution is 2.24. The summed E-state index contributed by atoms with van der Waals surface area (Å²) in [6.45, 7) is 4.14. The third kappa shape index (κ3) is 3.19. The molecule has 0 spiro atoms. The zero-order valence-corrected chi connectivity index (χ0v) is 10.3. The van der Waals surface area contributed by atoms with E-state index in [0.717, 1.165) is 37.5 Å². The third-order valence-corrected chi connectivity index (χ3v) is 3.51. The minimum absolute atomic E-state index is 0.102. The first kappa shape index (κ1) is 12.4. The van der Waals surface area contributed by atoms with E-state index < -0.39 is 0 Å². The van der Waals surface area contributed by atoms with E-state index in [9.17, 15) is 4.39 Å². The molecule has 1 saturated heterocycles. The first-order chi connectivity index (χ1) is 8.19. The van der Waals surface area contributed by atoms with E-state index in [1.807, 2.05) is 6.07 Å². The topological polar surface area (TPSA) is 23.5 Å². The molecule has 0 aliphatic carbocycles. The summed E-state index contributed by atoms with van der Waals surface area (Å²) in [4.78, 5) is 2.23. The molecule has 0 bridgehead atoms. The molecule has 3 heteroatoms. The maximum absolute atomic E-state index is 13.4. The van der Waals surface area contributed by atoms with E-state index in [1.165, 1.54) is 12.5 Å². The molecule has 0 radical (unpaired) electrons. The lowest BCUT2D eigenvalue weighted by Crippen LogP contribution is -2.24. The molecule has 1 aliphatic rings. The Bertz CT molecular complexity index is 380. The number of anilines is 1. The quantitative estimate of drug-likeness (QED) is 0.855. The average Bonchev–Trinajstić information content (AvgIpc) is 2.53. The number of rotatable bonds is 2. The van der Waals surface area contributed by atoms with Gasteiger partial charge in [-0.3, -0.25) is 0 Å². The van der Waals surface area contributed by atoms with Crippen molar-refractivity contribution in [1.29, 1.82) is 0 Å². The Morgan fingerprint density at radius 2 is 2.12 bits per heavy atom. The highest BCUT2D eigenvalue weighted by molar-refractivity contribution is 5.49. The fourth-order valence-electron chi connectivity index (χ4n) is 2.43. The average molecular weight is 237 g/mol. The molecule has 1 aromatic carbocycles. The number of nitrogens with zero attached hydrogens (tertiary/aromatic N) is 1. The summed E-state index contributed by atoms with van der Waals surface area (Å²) in [6.07, 6.45) is 3.57. The normalized spacial score (nSPS) is 21.4. The highest BCUT2D eigenvalue weighted by Gasteiger charge is 2.15. The van der Waals surface area contributed by atoms with Crippen LogP contribution < -0.4 is 4.90 Å². The van der Waals surface area contributed by atoms with Crippen molar-refractivity contribution in [2.24, 2.45) is 5.92 Å². The number of hydrogen-bond donors (Lipinski definition) is 1. The summed E-state index contributed by atoms with van der Waals surface area (Å²) in [6, 6.07) is 4.85. The first-order valence-corrected chi connectivity index (χ1v) is 6.34. The summed E-state index contributed by atoms with van der Waals surface area (Å²) < 4.78 is 13.4. The molecule has 2 nitrogen and oxygen atoms in total. The molecule has 1 heterocycles. The van der Waals surface area contributed by atoms with Gasteiger partial charge in [-0.2, -0.15) is 0 Å². The van der Waals surface area contributed by atoms with E-state index in [4.69, 9.17) is 5.11 Å². The zero-order chi connectivity index (χ0) is 12.3. The Morgan fingerprint density at radius 1 is 1.29 bits per heavy atom. The fourth-order valence-corrected chi connectivity index (χ4v) is 2.43. The Hall–Kier alpha value is -1.09. The van der Waals surface area contributed by atoms with Gasteiger partial charge in [-0.25, -0.2) is 4.39 Å². The van der Waals surface area contributed by atoms with Crippen LogP contribution in [0.1, 0.15) is 31.7 Å². The van der Waals surface area contributed by atoms with Crippen LogP contribution in [-0.4, -0.2) is 18.2 Å². The molecule has 17 heavy (non-hydrogen) atoms. The summed E-state index contributed by atoms with van der Waals surface area (Å²) in [7, 11) is 0.